The number of anilines is 1. The van der Waals surface area contributed by atoms with E-state index in [0.29, 0.717) is 43.3 Å². The molecule has 0 unspecified atom stereocenters. The molecule has 3 aromatic carbocycles. The van der Waals surface area contributed by atoms with E-state index in [1.165, 1.54) is 4.90 Å². The third kappa shape index (κ3) is 7.55. The van der Waals surface area contributed by atoms with Crippen molar-refractivity contribution in [1.82, 2.24) is 10.2 Å². The van der Waals surface area contributed by atoms with Crippen LogP contribution in [0.4, 0.5) is 10.5 Å². The molecule has 2 heterocycles. The first-order valence-electron chi connectivity index (χ1n) is 13.7. The molecule has 3 N–H and O–H groups in total. The van der Waals surface area contributed by atoms with Crippen LogP contribution in [0.2, 0.25) is 0 Å². The summed E-state index contributed by atoms with van der Waals surface area (Å²) >= 11 is 0. The molecule has 3 atom stereocenters. The van der Waals surface area contributed by atoms with Crippen LogP contribution in [0.25, 0.3) is 11.1 Å². The molecule has 43 heavy (non-hydrogen) atoms. The third-order valence-corrected chi connectivity index (χ3v) is 7.01. The summed E-state index contributed by atoms with van der Waals surface area (Å²) in [5, 5.41) is 15.1. The normalized spacial score (nSPS) is 18.8. The number of amides is 3. The topological polar surface area (TPSA) is 153 Å². The lowest BCUT2D eigenvalue weighted by Crippen LogP contribution is -2.51. The van der Waals surface area contributed by atoms with Gasteiger partial charge in [0, 0.05) is 30.8 Å². The Morgan fingerprint density at radius 2 is 1.51 bits per heavy atom. The number of hydrogen-bond donors (Lipinski definition) is 3. The highest BCUT2D eigenvalue weighted by Crippen LogP contribution is 2.28. The summed E-state index contributed by atoms with van der Waals surface area (Å²) in [7, 11) is 0. The molecule has 5 rings (SSSR count). The largest absolute Gasteiger partial charge is 0.480 e. The van der Waals surface area contributed by atoms with Gasteiger partial charge in [0.25, 0.3) is 11.8 Å². The maximum Gasteiger partial charge on any atom is 0.415 e. The van der Waals surface area contributed by atoms with Crippen molar-refractivity contribution >= 4 is 29.6 Å². The minimum atomic E-state index is -1.35. The molecular formula is C31H31N3O9. The Morgan fingerprint density at radius 3 is 2.21 bits per heavy atom. The van der Waals surface area contributed by atoms with Crippen molar-refractivity contribution in [2.24, 2.45) is 0 Å². The zero-order valence-electron chi connectivity index (χ0n) is 23.1. The highest BCUT2D eigenvalue weighted by Gasteiger charge is 2.42. The lowest BCUT2D eigenvalue weighted by molar-refractivity contribution is -0.144. The van der Waals surface area contributed by atoms with Gasteiger partial charge in [-0.1, -0.05) is 60.7 Å². The Hall–Kier alpha value is -4.78. The summed E-state index contributed by atoms with van der Waals surface area (Å²) in [6.07, 6.45) is -3.20. The second-order valence-electron chi connectivity index (χ2n) is 9.91. The number of carbonyl (C=O) groups excluding carboxylic acids is 3. The molecule has 0 saturated carbocycles. The number of aliphatic carboxylic acids is 1. The quantitative estimate of drug-likeness (QED) is 0.342. The van der Waals surface area contributed by atoms with E-state index in [0.717, 1.165) is 11.1 Å². The number of carboxylic acid groups (broad SMARTS) is 1. The van der Waals surface area contributed by atoms with E-state index in [2.05, 4.69) is 10.6 Å². The van der Waals surface area contributed by atoms with E-state index >= 15 is 0 Å². The number of carbonyl (C=O) groups is 4. The van der Waals surface area contributed by atoms with Gasteiger partial charge in [-0.15, -0.1) is 0 Å². The fraction of sp³-hybridized carbons (Fsp3) is 0.290. The van der Waals surface area contributed by atoms with Gasteiger partial charge in [-0.2, -0.15) is 0 Å². The lowest BCUT2D eigenvalue weighted by Gasteiger charge is -2.25. The van der Waals surface area contributed by atoms with Gasteiger partial charge in [-0.25, -0.2) is 9.59 Å². The van der Waals surface area contributed by atoms with Gasteiger partial charge < -0.3 is 39.6 Å². The number of nitrogens with zero attached hydrogens (tertiary/aromatic N) is 1. The molecule has 2 aliphatic rings. The molecule has 2 aliphatic heterocycles. The van der Waals surface area contributed by atoms with E-state index in [9.17, 15) is 24.3 Å². The number of carboxylic acids is 1. The average Bonchev–Trinajstić information content (AvgIpc) is 3.53. The van der Waals surface area contributed by atoms with Crippen LogP contribution in [0.5, 0.6) is 5.75 Å². The second-order valence-corrected chi connectivity index (χ2v) is 9.91. The predicted molar refractivity (Wildman–Crippen MR) is 153 cm³/mol. The molecule has 12 heteroatoms. The van der Waals surface area contributed by atoms with Crippen molar-refractivity contribution in [1.29, 1.82) is 0 Å². The summed E-state index contributed by atoms with van der Waals surface area (Å²) in [6, 6.07) is 21.7. The van der Waals surface area contributed by atoms with Crippen LogP contribution >= 0.6 is 0 Å². The number of para-hydroxylation sites is 1. The number of morpholine rings is 1. The lowest BCUT2D eigenvalue weighted by atomic mass is 10.0. The first-order chi connectivity index (χ1) is 20.9. The number of nitrogens with one attached hydrogen (secondary N) is 2. The van der Waals surface area contributed by atoms with Gasteiger partial charge in [0.2, 0.25) is 0 Å². The monoisotopic (exact) mass is 589 g/mol. The van der Waals surface area contributed by atoms with E-state index in [4.69, 9.17) is 18.9 Å². The maximum absolute atomic E-state index is 13.2. The van der Waals surface area contributed by atoms with Crippen LogP contribution in [0.15, 0.2) is 78.9 Å². The third-order valence-electron chi connectivity index (χ3n) is 7.01. The van der Waals surface area contributed by atoms with E-state index < -0.39 is 42.1 Å². The molecule has 12 nitrogen and oxygen atoms in total. The maximum atomic E-state index is 13.2. The molecule has 0 spiro atoms. The average molecular weight is 590 g/mol. The molecule has 2 saturated heterocycles. The van der Waals surface area contributed by atoms with Crippen molar-refractivity contribution < 1.29 is 43.2 Å². The zero-order valence-corrected chi connectivity index (χ0v) is 23.1. The number of hydrogen-bond acceptors (Lipinski definition) is 8. The molecule has 0 radical (unpaired) electrons. The Balaban J connectivity index is 1.19. The molecule has 0 aromatic heterocycles. The van der Waals surface area contributed by atoms with Crippen molar-refractivity contribution in [2.45, 2.75) is 24.7 Å². The highest BCUT2D eigenvalue weighted by atomic mass is 16.7. The molecule has 224 valence electrons. The fourth-order valence-corrected chi connectivity index (χ4v) is 4.75. The summed E-state index contributed by atoms with van der Waals surface area (Å²) in [5.41, 5.74) is 2.78. The number of benzene rings is 3. The first kappa shape index (κ1) is 29.7. The number of ether oxygens (including phenoxy) is 4. The Kier molecular flexibility index (Phi) is 9.62. The summed E-state index contributed by atoms with van der Waals surface area (Å²) in [6.45, 7) is 1.47. The summed E-state index contributed by atoms with van der Waals surface area (Å²) < 4.78 is 21.4. The summed E-state index contributed by atoms with van der Waals surface area (Å²) in [4.78, 5) is 52.1. The smallest absolute Gasteiger partial charge is 0.415 e. The molecule has 3 aromatic rings. The fourth-order valence-electron chi connectivity index (χ4n) is 4.75. The highest BCUT2D eigenvalue weighted by molar-refractivity contribution is 6.01. The minimum absolute atomic E-state index is 0.0619. The van der Waals surface area contributed by atoms with Crippen molar-refractivity contribution in [3.05, 3.63) is 84.4 Å². The molecule has 0 bridgehead atoms. The van der Waals surface area contributed by atoms with Gasteiger partial charge in [-0.05, 0) is 29.3 Å². The van der Waals surface area contributed by atoms with E-state index in [-0.39, 0.29) is 13.2 Å². The molecule has 2 fully saturated rings. The van der Waals surface area contributed by atoms with E-state index in [1.54, 1.807) is 36.4 Å². The standard InChI is InChI=1S/C31H31N3O9/c35-28(32-24-9-5-4-8-23(24)21-6-2-1-3-7-21)26-27(42-19-41-26)29(36)33-25(30(37)38)18-20-10-12-22(13-11-20)43-31(39)34-14-16-40-17-15-34/h1-13,25-27H,14-19H2,(H,32,35)(H,33,36)(H,37,38)/t25-,26+,27+/m0/s1. The number of rotatable bonds is 9. The Labute approximate surface area is 247 Å². The van der Waals surface area contributed by atoms with Gasteiger partial charge in [0.05, 0.1) is 13.2 Å². The van der Waals surface area contributed by atoms with Crippen LogP contribution < -0.4 is 15.4 Å². The molecule has 3 amide bonds. The van der Waals surface area contributed by atoms with Gasteiger partial charge >= 0.3 is 12.1 Å². The van der Waals surface area contributed by atoms with Crippen LogP contribution in [-0.4, -0.2) is 85.2 Å². The van der Waals surface area contributed by atoms with Crippen LogP contribution in [0.3, 0.4) is 0 Å². The van der Waals surface area contributed by atoms with Crippen molar-refractivity contribution in [3.8, 4) is 16.9 Å². The van der Waals surface area contributed by atoms with Gasteiger partial charge in [0.1, 0.15) is 18.6 Å². The van der Waals surface area contributed by atoms with E-state index in [1.807, 2.05) is 42.5 Å². The van der Waals surface area contributed by atoms with Crippen molar-refractivity contribution in [3.63, 3.8) is 0 Å². The van der Waals surface area contributed by atoms with Gasteiger partial charge in [-0.3, -0.25) is 9.59 Å². The van der Waals surface area contributed by atoms with Gasteiger partial charge in [0.15, 0.2) is 12.2 Å². The predicted octanol–water partition coefficient (Wildman–Crippen LogP) is 2.68. The Bertz CT molecular complexity index is 1440. The molecule has 0 aliphatic carbocycles. The Morgan fingerprint density at radius 1 is 0.860 bits per heavy atom. The zero-order chi connectivity index (χ0) is 30.2. The van der Waals surface area contributed by atoms with Crippen LogP contribution in [0.1, 0.15) is 5.56 Å². The SMILES string of the molecule is O=C(O)[C@H](Cc1ccc(OC(=O)N2CCOCC2)cc1)NC(=O)[C@@H]1OCO[C@H]1C(=O)Nc1ccccc1-c1ccccc1. The van der Waals surface area contributed by atoms with Crippen LogP contribution in [0, 0.1) is 0 Å². The second kappa shape index (κ2) is 13.9. The summed E-state index contributed by atoms with van der Waals surface area (Å²) in [5.74, 6) is -2.36. The first-order valence-corrected chi connectivity index (χ1v) is 13.7. The minimum Gasteiger partial charge on any atom is -0.480 e. The molecular weight excluding hydrogens is 558 g/mol. The van der Waals surface area contributed by atoms with Crippen molar-refractivity contribution in [2.75, 3.05) is 38.4 Å². The van der Waals surface area contributed by atoms with Crippen LogP contribution in [-0.2, 0) is 35.0 Å².